The summed E-state index contributed by atoms with van der Waals surface area (Å²) in [5.41, 5.74) is 3.59. The summed E-state index contributed by atoms with van der Waals surface area (Å²) in [7, 11) is 1.65. The number of anilines is 1. The molecule has 0 aliphatic rings. The lowest BCUT2D eigenvalue weighted by Crippen LogP contribution is -2.11. The highest BCUT2D eigenvalue weighted by atomic mass is 35.5. The zero-order chi connectivity index (χ0) is 21.4. The number of carbonyl (C=O) groups excluding carboxylic acids is 1. The third-order valence-corrected chi connectivity index (χ3v) is 5.41. The summed E-state index contributed by atoms with van der Waals surface area (Å²) in [5, 5.41) is 5.57. The number of hydrogen-bond acceptors (Lipinski definition) is 3. The van der Waals surface area contributed by atoms with Crippen LogP contribution in [0, 0.1) is 0 Å². The number of carbonyl (C=O) groups is 1. The van der Waals surface area contributed by atoms with Crippen LogP contribution in [0.15, 0.2) is 78.9 Å². The third kappa shape index (κ3) is 3.60. The van der Waals surface area contributed by atoms with Crippen molar-refractivity contribution in [2.45, 2.75) is 0 Å². The van der Waals surface area contributed by atoms with Gasteiger partial charge in [0.2, 0.25) is 0 Å². The molecular weight excluding hydrogens is 410 g/mol. The minimum absolute atomic E-state index is 0.219. The summed E-state index contributed by atoms with van der Waals surface area (Å²) in [6.45, 7) is 0. The zero-order valence-electron chi connectivity index (χ0n) is 16.6. The first-order chi connectivity index (χ1) is 15.1. The van der Waals surface area contributed by atoms with Gasteiger partial charge in [0, 0.05) is 16.3 Å². The lowest BCUT2D eigenvalue weighted by molar-refractivity contribution is 0.102. The highest BCUT2D eigenvalue weighted by Crippen LogP contribution is 2.36. The summed E-state index contributed by atoms with van der Waals surface area (Å²) in [6, 6.07) is 24.5. The van der Waals surface area contributed by atoms with Crippen LogP contribution in [0.1, 0.15) is 10.4 Å². The molecule has 6 heteroatoms. The Kier molecular flexibility index (Phi) is 4.81. The van der Waals surface area contributed by atoms with Gasteiger partial charge in [0.05, 0.1) is 23.7 Å². The highest BCUT2D eigenvalue weighted by Gasteiger charge is 2.16. The first-order valence-electron chi connectivity index (χ1n) is 9.75. The molecule has 0 radical (unpaired) electrons. The molecule has 0 spiro atoms. The number of imidazole rings is 1. The smallest absolute Gasteiger partial charge is 0.255 e. The molecule has 4 aromatic carbocycles. The average molecular weight is 428 g/mol. The van der Waals surface area contributed by atoms with E-state index in [9.17, 15) is 4.79 Å². The molecule has 0 fully saturated rings. The number of hydrogen-bond donors (Lipinski definition) is 2. The molecule has 152 valence electrons. The van der Waals surface area contributed by atoms with E-state index in [0.717, 1.165) is 33.1 Å². The van der Waals surface area contributed by atoms with Gasteiger partial charge in [-0.3, -0.25) is 4.79 Å². The van der Waals surface area contributed by atoms with Crippen LogP contribution in [0.3, 0.4) is 0 Å². The molecule has 5 rings (SSSR count). The Balaban J connectivity index is 1.55. The fourth-order valence-corrected chi connectivity index (χ4v) is 3.89. The molecule has 5 nitrogen and oxygen atoms in total. The van der Waals surface area contributed by atoms with Gasteiger partial charge in [-0.05, 0) is 53.2 Å². The molecule has 1 amide bonds. The number of benzene rings is 4. The number of ether oxygens (including phenoxy) is 1. The first-order valence-corrected chi connectivity index (χ1v) is 10.1. The Morgan fingerprint density at radius 1 is 1.00 bits per heavy atom. The van der Waals surface area contributed by atoms with Crippen molar-refractivity contribution in [1.82, 2.24) is 9.97 Å². The van der Waals surface area contributed by atoms with Gasteiger partial charge in [0.15, 0.2) is 0 Å². The van der Waals surface area contributed by atoms with Crippen molar-refractivity contribution in [3.05, 3.63) is 89.4 Å². The molecule has 0 atom stereocenters. The molecular formula is C25H18ClN3O2. The fraction of sp³-hybridized carbons (Fsp3) is 0.0400. The molecule has 1 aromatic heterocycles. The molecule has 2 N–H and O–H groups in total. The maximum absolute atomic E-state index is 12.7. The normalized spacial score (nSPS) is 11.0. The minimum Gasteiger partial charge on any atom is -0.496 e. The molecule has 0 saturated carbocycles. The molecule has 1 heterocycles. The second-order valence-corrected chi connectivity index (χ2v) is 7.58. The Labute approximate surface area is 183 Å². The van der Waals surface area contributed by atoms with Gasteiger partial charge in [-0.2, -0.15) is 0 Å². The highest BCUT2D eigenvalue weighted by molar-refractivity contribution is 6.31. The van der Waals surface area contributed by atoms with E-state index in [1.54, 1.807) is 43.5 Å². The average Bonchev–Trinajstić information content (AvgIpc) is 3.21. The number of halogens is 1. The van der Waals surface area contributed by atoms with Gasteiger partial charge < -0.3 is 15.0 Å². The number of fused-ring (bicyclic) bond motifs is 2. The Hall–Kier alpha value is -3.83. The Morgan fingerprint density at radius 2 is 1.87 bits per heavy atom. The predicted octanol–water partition coefficient (Wildman–Crippen LogP) is 6.30. The van der Waals surface area contributed by atoms with Crippen molar-refractivity contribution >= 4 is 45.0 Å². The molecule has 0 aliphatic carbocycles. The summed E-state index contributed by atoms with van der Waals surface area (Å²) >= 11 is 6.00. The van der Waals surface area contributed by atoms with E-state index in [-0.39, 0.29) is 5.91 Å². The van der Waals surface area contributed by atoms with Crippen LogP contribution in [0.4, 0.5) is 5.69 Å². The molecule has 31 heavy (non-hydrogen) atoms. The van der Waals surface area contributed by atoms with Gasteiger partial charge in [-0.15, -0.1) is 0 Å². The number of nitrogens with one attached hydrogen (secondary N) is 2. The monoisotopic (exact) mass is 427 g/mol. The van der Waals surface area contributed by atoms with E-state index in [1.807, 2.05) is 36.4 Å². The largest absolute Gasteiger partial charge is 0.496 e. The van der Waals surface area contributed by atoms with Crippen molar-refractivity contribution in [2.24, 2.45) is 0 Å². The van der Waals surface area contributed by atoms with E-state index >= 15 is 0 Å². The van der Waals surface area contributed by atoms with E-state index < -0.39 is 0 Å². The molecule has 5 aromatic rings. The van der Waals surface area contributed by atoms with Crippen molar-refractivity contribution in [2.75, 3.05) is 12.4 Å². The fourth-order valence-electron chi connectivity index (χ4n) is 3.70. The van der Waals surface area contributed by atoms with E-state index in [4.69, 9.17) is 21.3 Å². The zero-order valence-corrected chi connectivity index (χ0v) is 17.4. The second-order valence-electron chi connectivity index (χ2n) is 7.15. The summed E-state index contributed by atoms with van der Waals surface area (Å²) in [4.78, 5) is 20.8. The standard InChI is InChI=1S/C25H18ClN3O2/c1-31-22-12-10-15-5-2-3-8-19(15)23(22)24-28-20-11-9-16(13-21(20)29-24)25(30)27-18-7-4-6-17(26)14-18/h2-14H,1H3,(H,27,30)(H,28,29). The summed E-state index contributed by atoms with van der Waals surface area (Å²) < 4.78 is 5.61. The molecule has 0 saturated heterocycles. The number of rotatable bonds is 4. The maximum atomic E-state index is 12.7. The lowest BCUT2D eigenvalue weighted by atomic mass is 10.0. The lowest BCUT2D eigenvalue weighted by Gasteiger charge is -2.10. The van der Waals surface area contributed by atoms with Crippen LogP contribution >= 0.6 is 11.6 Å². The van der Waals surface area contributed by atoms with Crippen LogP contribution in [-0.4, -0.2) is 23.0 Å². The van der Waals surface area contributed by atoms with Gasteiger partial charge in [-0.1, -0.05) is 48.0 Å². The number of aromatic amines is 1. The van der Waals surface area contributed by atoms with Crippen molar-refractivity contribution < 1.29 is 9.53 Å². The van der Waals surface area contributed by atoms with Crippen LogP contribution < -0.4 is 10.1 Å². The van der Waals surface area contributed by atoms with Crippen LogP contribution in [0.2, 0.25) is 5.02 Å². The van der Waals surface area contributed by atoms with Gasteiger partial charge >= 0.3 is 0 Å². The Morgan fingerprint density at radius 3 is 2.71 bits per heavy atom. The first kappa shape index (κ1) is 19.2. The number of methoxy groups -OCH3 is 1. The van der Waals surface area contributed by atoms with Gasteiger partial charge in [0.1, 0.15) is 11.6 Å². The van der Waals surface area contributed by atoms with Crippen LogP contribution in [-0.2, 0) is 0 Å². The number of aromatic nitrogens is 2. The minimum atomic E-state index is -0.219. The second kappa shape index (κ2) is 7.78. The third-order valence-electron chi connectivity index (χ3n) is 5.17. The number of amides is 1. The summed E-state index contributed by atoms with van der Waals surface area (Å²) in [5.74, 6) is 1.20. The van der Waals surface area contributed by atoms with Crippen molar-refractivity contribution in [3.8, 4) is 17.1 Å². The van der Waals surface area contributed by atoms with Crippen molar-refractivity contribution in [3.63, 3.8) is 0 Å². The van der Waals surface area contributed by atoms with Crippen LogP contribution in [0.5, 0.6) is 5.75 Å². The van der Waals surface area contributed by atoms with Gasteiger partial charge in [-0.25, -0.2) is 4.98 Å². The molecule has 0 aliphatic heterocycles. The van der Waals surface area contributed by atoms with Gasteiger partial charge in [0.25, 0.3) is 5.91 Å². The van der Waals surface area contributed by atoms with E-state index in [0.29, 0.717) is 22.1 Å². The van der Waals surface area contributed by atoms with Crippen molar-refractivity contribution in [1.29, 1.82) is 0 Å². The Bertz CT molecular complexity index is 1440. The van der Waals surface area contributed by atoms with E-state index in [1.165, 1.54) is 0 Å². The van der Waals surface area contributed by atoms with Crippen LogP contribution in [0.25, 0.3) is 33.2 Å². The summed E-state index contributed by atoms with van der Waals surface area (Å²) in [6.07, 6.45) is 0. The quantitative estimate of drug-likeness (QED) is 0.354. The number of H-pyrrole nitrogens is 1. The molecule has 0 unspecified atom stereocenters. The predicted molar refractivity (Wildman–Crippen MR) is 125 cm³/mol. The van der Waals surface area contributed by atoms with E-state index in [2.05, 4.69) is 16.4 Å². The number of nitrogens with zero attached hydrogens (tertiary/aromatic N) is 1. The topological polar surface area (TPSA) is 67.0 Å². The molecule has 0 bridgehead atoms. The SMILES string of the molecule is COc1ccc2ccccc2c1-c1nc2ccc(C(=O)Nc3cccc(Cl)c3)cc2[nH]1. The maximum Gasteiger partial charge on any atom is 0.255 e.